The fourth-order valence-electron chi connectivity index (χ4n) is 1.03. The van der Waals surface area contributed by atoms with Gasteiger partial charge in [0.2, 0.25) is 22.4 Å². The molecular formula is C6H4Cl2N6O2. The van der Waals surface area contributed by atoms with E-state index in [4.69, 9.17) is 23.2 Å². The number of nitrogens with zero attached hydrogens (tertiary/aromatic N) is 4. The number of hydrogen-bond acceptors (Lipinski definition) is 6. The zero-order valence-corrected chi connectivity index (χ0v) is 9.08. The molecule has 16 heavy (non-hydrogen) atoms. The fourth-order valence-corrected chi connectivity index (χ4v) is 1.39. The molecule has 3 amide bonds. The monoisotopic (exact) mass is 262 g/mol. The number of nitrogens with one attached hydrogen (secondary N) is 2. The van der Waals surface area contributed by atoms with E-state index in [2.05, 4.69) is 25.7 Å². The predicted octanol–water partition coefficient (Wildman–Crippen LogP) is 0.0571. The van der Waals surface area contributed by atoms with E-state index in [9.17, 15) is 9.59 Å². The minimum Gasteiger partial charge on any atom is -0.275 e. The second kappa shape index (κ2) is 4.06. The smallest absolute Gasteiger partial charge is 0.275 e. The summed E-state index contributed by atoms with van der Waals surface area (Å²) in [5.41, 5.74) is 2.47. The molecule has 84 valence electrons. The Morgan fingerprint density at radius 3 is 2.31 bits per heavy atom. The van der Waals surface area contributed by atoms with Gasteiger partial charge in [0.1, 0.15) is 6.54 Å². The summed E-state index contributed by atoms with van der Waals surface area (Å²) in [7, 11) is 0. The van der Waals surface area contributed by atoms with Gasteiger partial charge in [-0.25, -0.2) is 9.80 Å². The Balaban J connectivity index is 2.15. The highest BCUT2D eigenvalue weighted by molar-refractivity contribution is 6.31. The van der Waals surface area contributed by atoms with E-state index in [-0.39, 0.29) is 23.1 Å². The molecule has 1 aliphatic heterocycles. The Hall–Kier alpha value is -1.67. The third-order valence-electron chi connectivity index (χ3n) is 1.61. The molecule has 1 aromatic rings. The van der Waals surface area contributed by atoms with Crippen LogP contribution in [0.2, 0.25) is 10.6 Å². The van der Waals surface area contributed by atoms with Crippen LogP contribution in [0.1, 0.15) is 0 Å². The first kappa shape index (κ1) is 10.8. The molecule has 8 nitrogen and oxygen atoms in total. The zero-order valence-electron chi connectivity index (χ0n) is 7.57. The van der Waals surface area contributed by atoms with Crippen LogP contribution in [0, 0.1) is 0 Å². The average molecular weight is 263 g/mol. The Morgan fingerprint density at radius 1 is 1.19 bits per heavy atom. The number of hydrogen-bond donors (Lipinski definition) is 2. The van der Waals surface area contributed by atoms with Crippen molar-refractivity contribution in [3.05, 3.63) is 10.6 Å². The number of aromatic nitrogens is 3. The Morgan fingerprint density at radius 2 is 1.81 bits per heavy atom. The number of anilines is 1. The van der Waals surface area contributed by atoms with E-state index in [0.717, 1.165) is 5.01 Å². The molecule has 0 unspecified atom stereocenters. The van der Waals surface area contributed by atoms with Crippen molar-refractivity contribution in [2.45, 2.75) is 0 Å². The molecule has 0 radical (unpaired) electrons. The number of halogens is 2. The maximum Gasteiger partial charge on any atom is 0.343 e. The quantitative estimate of drug-likeness (QED) is 0.731. The zero-order chi connectivity index (χ0) is 11.7. The van der Waals surface area contributed by atoms with Crippen molar-refractivity contribution in [2.24, 2.45) is 0 Å². The predicted molar refractivity (Wildman–Crippen MR) is 53.7 cm³/mol. The molecule has 0 atom stereocenters. The van der Waals surface area contributed by atoms with Crippen molar-refractivity contribution in [1.29, 1.82) is 0 Å². The van der Waals surface area contributed by atoms with E-state index >= 15 is 0 Å². The number of urea groups is 1. The summed E-state index contributed by atoms with van der Waals surface area (Å²) >= 11 is 11.1. The minimum atomic E-state index is -0.599. The first-order chi connectivity index (χ1) is 7.54. The van der Waals surface area contributed by atoms with Gasteiger partial charge < -0.3 is 0 Å². The fraction of sp³-hybridized carbons (Fsp3) is 0.167. The molecule has 0 saturated carbocycles. The standard InChI is InChI=1S/C6H4Cl2N6O2/c7-3-10-4(8)12-5(11-3)13-14-1-2(15)9-6(14)16/h1H2,(H,9,15,16)(H,10,11,12,13). The van der Waals surface area contributed by atoms with Gasteiger partial charge in [0.05, 0.1) is 0 Å². The lowest BCUT2D eigenvalue weighted by atomic mass is 10.6. The summed E-state index contributed by atoms with van der Waals surface area (Å²) in [6.45, 7) is -0.139. The molecule has 2 heterocycles. The van der Waals surface area contributed by atoms with Crippen molar-refractivity contribution in [3.8, 4) is 0 Å². The maximum absolute atomic E-state index is 11.2. The molecule has 1 fully saturated rings. The lowest BCUT2D eigenvalue weighted by Gasteiger charge is -2.13. The normalized spacial score (nSPS) is 15.2. The molecule has 0 aliphatic carbocycles. The summed E-state index contributed by atoms with van der Waals surface area (Å²) in [5, 5.41) is 2.82. The highest BCUT2D eigenvalue weighted by atomic mass is 35.5. The summed E-state index contributed by atoms with van der Waals surface area (Å²) in [6.07, 6.45) is 0. The van der Waals surface area contributed by atoms with Crippen LogP contribution in [0.5, 0.6) is 0 Å². The lowest BCUT2D eigenvalue weighted by Crippen LogP contribution is -2.34. The minimum absolute atomic E-state index is 0.0187. The Bertz CT molecular complexity index is 446. The molecule has 1 aliphatic rings. The Kier molecular flexibility index (Phi) is 2.75. The van der Waals surface area contributed by atoms with Crippen molar-refractivity contribution in [2.75, 3.05) is 12.0 Å². The third kappa shape index (κ3) is 2.28. The van der Waals surface area contributed by atoms with Crippen LogP contribution < -0.4 is 10.7 Å². The van der Waals surface area contributed by atoms with E-state index in [0.29, 0.717) is 0 Å². The van der Waals surface area contributed by atoms with Crippen LogP contribution in [0.4, 0.5) is 10.7 Å². The van der Waals surface area contributed by atoms with Crippen molar-refractivity contribution in [3.63, 3.8) is 0 Å². The van der Waals surface area contributed by atoms with Gasteiger partial charge in [-0.1, -0.05) is 0 Å². The first-order valence-corrected chi connectivity index (χ1v) is 4.75. The van der Waals surface area contributed by atoms with Gasteiger partial charge in [-0.2, -0.15) is 15.0 Å². The van der Waals surface area contributed by atoms with Crippen LogP contribution in [0.15, 0.2) is 0 Å². The highest BCUT2D eigenvalue weighted by Gasteiger charge is 2.27. The van der Waals surface area contributed by atoms with Gasteiger partial charge in [0, 0.05) is 0 Å². The van der Waals surface area contributed by atoms with Crippen LogP contribution >= 0.6 is 23.2 Å². The van der Waals surface area contributed by atoms with Crippen molar-refractivity contribution < 1.29 is 9.59 Å². The number of rotatable bonds is 2. The second-order valence-electron chi connectivity index (χ2n) is 2.75. The second-order valence-corrected chi connectivity index (χ2v) is 3.42. The summed E-state index contributed by atoms with van der Waals surface area (Å²) in [4.78, 5) is 32.9. The first-order valence-electron chi connectivity index (χ1n) is 3.99. The van der Waals surface area contributed by atoms with Gasteiger partial charge in [-0.05, 0) is 23.2 Å². The number of imide groups is 1. The Labute approximate surface area is 98.9 Å². The van der Waals surface area contributed by atoms with E-state index in [1.54, 1.807) is 0 Å². The molecule has 2 N–H and O–H groups in total. The molecule has 1 aromatic heterocycles. The highest BCUT2D eigenvalue weighted by Crippen LogP contribution is 2.11. The number of amides is 3. The summed E-state index contributed by atoms with van der Waals surface area (Å²) in [6, 6.07) is -0.599. The average Bonchev–Trinajstić information content (AvgIpc) is 2.43. The van der Waals surface area contributed by atoms with Gasteiger partial charge in [-0.15, -0.1) is 0 Å². The van der Waals surface area contributed by atoms with Gasteiger partial charge >= 0.3 is 6.03 Å². The van der Waals surface area contributed by atoms with Crippen molar-refractivity contribution in [1.82, 2.24) is 25.3 Å². The molecule has 0 aromatic carbocycles. The van der Waals surface area contributed by atoms with Gasteiger partial charge in [0.25, 0.3) is 0 Å². The molecule has 0 spiro atoms. The van der Waals surface area contributed by atoms with Gasteiger partial charge in [0.15, 0.2) is 0 Å². The van der Waals surface area contributed by atoms with E-state index in [1.807, 2.05) is 0 Å². The topological polar surface area (TPSA) is 100 Å². The van der Waals surface area contributed by atoms with E-state index < -0.39 is 11.9 Å². The number of carbonyl (C=O) groups is 2. The van der Waals surface area contributed by atoms with Crippen LogP contribution in [0.25, 0.3) is 0 Å². The maximum atomic E-state index is 11.2. The number of hydrazine groups is 1. The SMILES string of the molecule is O=C1CN(Nc2nc(Cl)nc(Cl)n2)C(=O)N1. The third-order valence-corrected chi connectivity index (χ3v) is 1.95. The van der Waals surface area contributed by atoms with Crippen LogP contribution in [-0.4, -0.2) is 38.4 Å². The van der Waals surface area contributed by atoms with Crippen LogP contribution in [0.3, 0.4) is 0 Å². The van der Waals surface area contributed by atoms with E-state index in [1.165, 1.54) is 0 Å². The number of carbonyl (C=O) groups excluding carboxylic acids is 2. The largest absolute Gasteiger partial charge is 0.343 e. The van der Waals surface area contributed by atoms with Crippen molar-refractivity contribution >= 4 is 41.1 Å². The molecule has 2 rings (SSSR count). The summed E-state index contributed by atoms with van der Waals surface area (Å²) in [5.74, 6) is -0.446. The molecular weight excluding hydrogens is 259 g/mol. The molecule has 0 bridgehead atoms. The molecule has 1 saturated heterocycles. The van der Waals surface area contributed by atoms with Crippen LogP contribution in [-0.2, 0) is 4.79 Å². The molecule has 10 heteroatoms. The summed E-state index contributed by atoms with van der Waals surface area (Å²) < 4.78 is 0. The lowest BCUT2D eigenvalue weighted by molar-refractivity contribution is -0.118. The van der Waals surface area contributed by atoms with Gasteiger partial charge in [-0.3, -0.25) is 15.5 Å².